The summed E-state index contributed by atoms with van der Waals surface area (Å²) in [4.78, 5) is 16.5. The van der Waals surface area contributed by atoms with Gasteiger partial charge in [-0.25, -0.2) is 4.79 Å². The number of hydrogen-bond acceptors (Lipinski definition) is 6. The molecule has 0 saturated carbocycles. The van der Waals surface area contributed by atoms with Gasteiger partial charge in [-0.3, -0.25) is 5.32 Å². The van der Waals surface area contributed by atoms with Crippen molar-refractivity contribution in [3.05, 3.63) is 65.9 Å². The molecule has 0 atom stereocenters. The molecule has 2 aromatic carbocycles. The van der Waals surface area contributed by atoms with Crippen LogP contribution in [0.1, 0.15) is 32.1 Å². The van der Waals surface area contributed by atoms with Gasteiger partial charge in [0.1, 0.15) is 5.76 Å². The lowest BCUT2D eigenvalue weighted by atomic mass is 9.93. The van der Waals surface area contributed by atoms with E-state index in [9.17, 15) is 18.0 Å². The van der Waals surface area contributed by atoms with Crippen molar-refractivity contribution in [2.75, 3.05) is 10.6 Å². The molecule has 2 heterocycles. The van der Waals surface area contributed by atoms with Crippen LogP contribution in [0.5, 0.6) is 0 Å². The second-order valence-corrected chi connectivity index (χ2v) is 8.48. The number of carbonyl (C=O) groups excluding carboxylic acids is 1. The number of amides is 2. The largest absolute Gasteiger partial charge is 0.416 e. The minimum absolute atomic E-state index is 0.160. The first-order valence-corrected chi connectivity index (χ1v) is 10.2. The molecule has 176 valence electrons. The maximum atomic E-state index is 12.7. The molecule has 0 aliphatic carbocycles. The molecule has 8 nitrogen and oxygen atoms in total. The van der Waals surface area contributed by atoms with Crippen molar-refractivity contribution in [3.63, 3.8) is 0 Å². The van der Waals surface area contributed by atoms with Crippen LogP contribution in [0.15, 0.2) is 63.6 Å². The van der Waals surface area contributed by atoms with Crippen LogP contribution in [0.4, 0.5) is 29.5 Å². The van der Waals surface area contributed by atoms with Gasteiger partial charge in [0.2, 0.25) is 5.82 Å². The zero-order chi connectivity index (χ0) is 24.5. The number of rotatable bonds is 4. The van der Waals surface area contributed by atoms with E-state index in [0.29, 0.717) is 28.4 Å². The number of nitrogens with one attached hydrogen (secondary N) is 2. The normalized spacial score (nSPS) is 11.9. The minimum atomic E-state index is -4.42. The fourth-order valence-electron chi connectivity index (χ4n) is 2.93. The molecule has 11 heteroatoms. The summed E-state index contributed by atoms with van der Waals surface area (Å²) in [5.41, 5.74) is 0.470. The summed E-state index contributed by atoms with van der Waals surface area (Å²) in [6.07, 6.45) is -4.42. The molecule has 0 fully saturated rings. The molecule has 2 N–H and O–H groups in total. The number of benzene rings is 2. The molecule has 0 unspecified atom stereocenters. The van der Waals surface area contributed by atoms with Crippen molar-refractivity contribution < 1.29 is 27.0 Å². The highest BCUT2D eigenvalue weighted by Gasteiger charge is 2.30. The Hall–Kier alpha value is -4.15. The molecule has 0 aliphatic rings. The quantitative estimate of drug-likeness (QED) is 0.359. The first-order chi connectivity index (χ1) is 16.0. The van der Waals surface area contributed by atoms with E-state index in [4.69, 9.17) is 9.05 Å². The van der Waals surface area contributed by atoms with Gasteiger partial charge in [-0.1, -0.05) is 43.2 Å². The second-order valence-electron chi connectivity index (χ2n) is 8.48. The number of nitrogens with zero attached hydrogens (tertiary/aromatic N) is 3. The van der Waals surface area contributed by atoms with Gasteiger partial charge in [0.15, 0.2) is 5.82 Å². The van der Waals surface area contributed by atoms with Gasteiger partial charge in [0.25, 0.3) is 5.89 Å². The summed E-state index contributed by atoms with van der Waals surface area (Å²) in [6, 6.07) is 12.2. The van der Waals surface area contributed by atoms with Crippen LogP contribution in [-0.4, -0.2) is 21.3 Å². The molecule has 0 bridgehead atoms. The first kappa shape index (κ1) is 23.0. The van der Waals surface area contributed by atoms with Gasteiger partial charge in [0, 0.05) is 28.3 Å². The lowest BCUT2D eigenvalue weighted by Gasteiger charge is -2.12. The van der Waals surface area contributed by atoms with Crippen molar-refractivity contribution in [2.24, 2.45) is 0 Å². The summed E-state index contributed by atoms with van der Waals surface area (Å²) in [6.45, 7) is 5.90. The zero-order valence-electron chi connectivity index (χ0n) is 18.4. The van der Waals surface area contributed by atoms with Crippen molar-refractivity contribution in [1.29, 1.82) is 0 Å². The van der Waals surface area contributed by atoms with Gasteiger partial charge in [0.05, 0.1) is 5.56 Å². The van der Waals surface area contributed by atoms with Crippen molar-refractivity contribution in [1.82, 2.24) is 15.3 Å². The van der Waals surface area contributed by atoms with E-state index < -0.39 is 17.8 Å². The molecule has 4 rings (SSSR count). The van der Waals surface area contributed by atoms with Crippen LogP contribution >= 0.6 is 0 Å². The van der Waals surface area contributed by atoms with Crippen molar-refractivity contribution in [3.8, 4) is 22.8 Å². The zero-order valence-corrected chi connectivity index (χ0v) is 18.4. The highest BCUT2D eigenvalue weighted by molar-refractivity contribution is 5.99. The van der Waals surface area contributed by atoms with Gasteiger partial charge in [-0.05, 0) is 36.4 Å². The SMILES string of the molecule is CC(C)(C)c1cc(NC(=O)Nc2ccc(-c3nc(-c4ccc(C(F)(F)F)cc4)no3)cc2)no1. The predicted molar refractivity (Wildman–Crippen MR) is 118 cm³/mol. The van der Waals surface area contributed by atoms with Gasteiger partial charge in [-0.2, -0.15) is 18.2 Å². The molecular weight excluding hydrogens is 451 g/mol. The van der Waals surface area contributed by atoms with Crippen molar-refractivity contribution >= 4 is 17.5 Å². The summed E-state index contributed by atoms with van der Waals surface area (Å²) < 4.78 is 48.6. The number of halogens is 3. The standard InChI is InChI=1S/C23H20F3N5O3/c1-22(2,3)17-12-18(30-33-17)28-21(32)27-16-10-6-14(7-11-16)20-29-19(31-34-20)13-4-8-15(9-5-13)23(24,25)26/h4-12H,1-3H3,(H2,27,28,30,32). The number of hydrogen-bond donors (Lipinski definition) is 2. The van der Waals surface area contributed by atoms with Crippen LogP contribution in [0.2, 0.25) is 0 Å². The molecule has 2 amide bonds. The molecule has 4 aromatic rings. The predicted octanol–water partition coefficient (Wildman–Crippen LogP) is 6.35. The lowest BCUT2D eigenvalue weighted by molar-refractivity contribution is -0.137. The van der Waals surface area contributed by atoms with Crippen LogP contribution in [0, 0.1) is 0 Å². The molecule has 0 aliphatic heterocycles. The highest BCUT2D eigenvalue weighted by Crippen LogP contribution is 2.31. The average molecular weight is 471 g/mol. The maximum absolute atomic E-state index is 12.7. The van der Waals surface area contributed by atoms with Gasteiger partial charge in [-0.15, -0.1) is 0 Å². The Bertz CT molecular complexity index is 1290. The summed E-state index contributed by atoms with van der Waals surface area (Å²) >= 11 is 0. The molecule has 0 saturated heterocycles. The van der Waals surface area contributed by atoms with E-state index >= 15 is 0 Å². The van der Waals surface area contributed by atoms with E-state index in [-0.39, 0.29) is 17.1 Å². The Labute approximate surface area is 192 Å². The molecule has 2 aromatic heterocycles. The molecule has 0 spiro atoms. The Kier molecular flexibility index (Phi) is 5.86. The Morgan fingerprint density at radius 3 is 2.09 bits per heavy atom. The van der Waals surface area contributed by atoms with Crippen molar-refractivity contribution in [2.45, 2.75) is 32.4 Å². The summed E-state index contributed by atoms with van der Waals surface area (Å²) in [5.74, 6) is 1.28. The number of alkyl halides is 3. The van der Waals surface area contributed by atoms with E-state index in [0.717, 1.165) is 12.1 Å². The first-order valence-electron chi connectivity index (χ1n) is 10.2. The third-order valence-electron chi connectivity index (χ3n) is 4.78. The number of carbonyl (C=O) groups is 1. The van der Waals surface area contributed by atoms with Gasteiger partial charge >= 0.3 is 12.2 Å². The number of urea groups is 1. The summed E-state index contributed by atoms with van der Waals surface area (Å²) in [7, 11) is 0. The second kappa shape index (κ2) is 8.65. The van der Waals surface area contributed by atoms with E-state index in [1.54, 1.807) is 30.3 Å². The van der Waals surface area contributed by atoms with Crippen LogP contribution in [0.25, 0.3) is 22.8 Å². The molecule has 34 heavy (non-hydrogen) atoms. The number of anilines is 2. The van der Waals surface area contributed by atoms with Gasteiger partial charge < -0.3 is 14.4 Å². The topological polar surface area (TPSA) is 106 Å². The third-order valence-corrected chi connectivity index (χ3v) is 4.78. The smallest absolute Gasteiger partial charge is 0.359 e. The van der Waals surface area contributed by atoms with E-state index in [2.05, 4.69) is 25.9 Å². The molecular formula is C23H20F3N5O3. The average Bonchev–Trinajstić information content (AvgIpc) is 3.44. The Balaban J connectivity index is 1.40. The van der Waals surface area contributed by atoms with E-state index in [1.807, 2.05) is 20.8 Å². The van der Waals surface area contributed by atoms with Crippen LogP contribution in [-0.2, 0) is 11.6 Å². The monoisotopic (exact) mass is 471 g/mol. The lowest BCUT2D eigenvalue weighted by Crippen LogP contribution is -2.19. The summed E-state index contributed by atoms with van der Waals surface area (Å²) in [5, 5.41) is 12.9. The number of aromatic nitrogens is 3. The van der Waals surface area contributed by atoms with Crippen LogP contribution < -0.4 is 10.6 Å². The maximum Gasteiger partial charge on any atom is 0.416 e. The van der Waals surface area contributed by atoms with Crippen LogP contribution in [0.3, 0.4) is 0 Å². The Morgan fingerprint density at radius 2 is 1.50 bits per heavy atom. The fourth-order valence-corrected chi connectivity index (χ4v) is 2.93. The highest BCUT2D eigenvalue weighted by atomic mass is 19.4. The van der Waals surface area contributed by atoms with E-state index in [1.165, 1.54) is 12.1 Å². The minimum Gasteiger partial charge on any atom is -0.359 e. The Morgan fingerprint density at radius 1 is 0.853 bits per heavy atom. The fraction of sp³-hybridized carbons (Fsp3) is 0.217. The molecule has 0 radical (unpaired) electrons. The third kappa shape index (κ3) is 5.25.